The number of aryl methyl sites for hydroxylation is 1. The summed E-state index contributed by atoms with van der Waals surface area (Å²) in [6, 6.07) is 6.77. The van der Waals surface area contributed by atoms with Crippen molar-refractivity contribution in [1.82, 2.24) is 14.7 Å². The van der Waals surface area contributed by atoms with Gasteiger partial charge in [0.25, 0.3) is 0 Å². The molecule has 0 saturated carbocycles. The van der Waals surface area contributed by atoms with Gasteiger partial charge in [-0.15, -0.1) is 0 Å². The molecule has 4 heteroatoms. The summed E-state index contributed by atoms with van der Waals surface area (Å²) in [5.74, 6) is 1.70. The number of fused-ring (bicyclic) bond motifs is 1. The van der Waals surface area contributed by atoms with Crippen LogP contribution in [0.2, 0.25) is 0 Å². The maximum absolute atomic E-state index is 4.76. The number of aromatic nitrogens is 2. The minimum Gasteiger partial charge on any atom is -0.352 e. The lowest BCUT2D eigenvalue weighted by atomic mass is 10.0. The van der Waals surface area contributed by atoms with Crippen molar-refractivity contribution in [2.45, 2.75) is 19.8 Å². The summed E-state index contributed by atoms with van der Waals surface area (Å²) in [6.07, 6.45) is 0. The Bertz CT molecular complexity index is 606. The van der Waals surface area contributed by atoms with Crippen molar-refractivity contribution >= 4 is 16.7 Å². The number of anilines is 1. The van der Waals surface area contributed by atoms with Crippen molar-refractivity contribution in [3.05, 3.63) is 23.8 Å². The molecule has 20 heavy (non-hydrogen) atoms. The van der Waals surface area contributed by atoms with E-state index in [9.17, 15) is 0 Å². The van der Waals surface area contributed by atoms with Crippen LogP contribution in [0, 0.1) is 0 Å². The van der Waals surface area contributed by atoms with E-state index in [1.165, 1.54) is 16.5 Å². The second-order valence-electron chi connectivity index (χ2n) is 6.17. The number of rotatable bonds is 2. The molecule has 0 atom stereocenters. The van der Waals surface area contributed by atoms with Crippen LogP contribution in [0.4, 0.5) is 5.82 Å². The average molecular weight is 272 g/mol. The summed E-state index contributed by atoms with van der Waals surface area (Å²) in [6.45, 7) is 8.82. The zero-order valence-electron chi connectivity index (χ0n) is 12.9. The highest BCUT2D eigenvalue weighted by atomic mass is 15.4. The van der Waals surface area contributed by atoms with E-state index in [4.69, 9.17) is 5.10 Å². The van der Waals surface area contributed by atoms with Gasteiger partial charge in [0, 0.05) is 38.6 Å². The largest absolute Gasteiger partial charge is 0.352 e. The predicted molar refractivity (Wildman–Crippen MR) is 84.5 cm³/mol. The fourth-order valence-corrected chi connectivity index (χ4v) is 2.87. The smallest absolute Gasteiger partial charge is 0.158 e. The summed E-state index contributed by atoms with van der Waals surface area (Å²) in [5, 5.41) is 6.04. The number of benzene rings is 1. The molecule has 108 valence electrons. The number of likely N-dealkylation sites (N-methyl/N-ethyl adjacent to an activating group) is 1. The van der Waals surface area contributed by atoms with Crippen LogP contribution in [0.1, 0.15) is 25.3 Å². The monoisotopic (exact) mass is 272 g/mol. The molecule has 1 aromatic heterocycles. The summed E-state index contributed by atoms with van der Waals surface area (Å²) in [7, 11) is 4.23. The van der Waals surface area contributed by atoms with Gasteiger partial charge in [-0.3, -0.25) is 4.68 Å². The molecular formula is C16H24N4. The topological polar surface area (TPSA) is 24.3 Å². The minimum atomic E-state index is 0.557. The SMILES string of the molecule is CC(C)c1ccc2c(N3CCN(C)CC3)nn(C)c2c1. The van der Waals surface area contributed by atoms with Gasteiger partial charge in [0.2, 0.25) is 0 Å². The fourth-order valence-electron chi connectivity index (χ4n) is 2.87. The van der Waals surface area contributed by atoms with E-state index in [1.807, 2.05) is 11.7 Å². The zero-order chi connectivity index (χ0) is 14.3. The Balaban J connectivity index is 2.00. The Kier molecular flexibility index (Phi) is 3.42. The van der Waals surface area contributed by atoms with E-state index < -0.39 is 0 Å². The molecule has 0 aliphatic carbocycles. The summed E-state index contributed by atoms with van der Waals surface area (Å²) in [5.41, 5.74) is 2.62. The molecule has 0 amide bonds. The van der Waals surface area contributed by atoms with Crippen molar-refractivity contribution in [2.75, 3.05) is 38.1 Å². The molecule has 1 aliphatic heterocycles. The van der Waals surface area contributed by atoms with Crippen LogP contribution in [-0.4, -0.2) is 47.9 Å². The lowest BCUT2D eigenvalue weighted by molar-refractivity contribution is 0.312. The standard InChI is InChI=1S/C16H24N4/c1-12(2)13-5-6-14-15(11-13)19(4)17-16(14)20-9-7-18(3)8-10-20/h5-6,11-12H,7-10H2,1-4H3. The van der Waals surface area contributed by atoms with Gasteiger partial charge in [0.15, 0.2) is 5.82 Å². The van der Waals surface area contributed by atoms with E-state index >= 15 is 0 Å². The molecule has 1 aliphatic rings. The van der Waals surface area contributed by atoms with Gasteiger partial charge in [0.05, 0.1) is 5.52 Å². The first-order valence-corrected chi connectivity index (χ1v) is 7.46. The van der Waals surface area contributed by atoms with Crippen LogP contribution < -0.4 is 4.90 Å². The van der Waals surface area contributed by atoms with E-state index in [2.05, 4.69) is 48.9 Å². The molecule has 2 aromatic rings. The van der Waals surface area contributed by atoms with E-state index in [0.29, 0.717) is 5.92 Å². The van der Waals surface area contributed by atoms with Gasteiger partial charge in [-0.2, -0.15) is 5.10 Å². The Morgan fingerprint density at radius 2 is 1.75 bits per heavy atom. The molecule has 2 heterocycles. The lowest BCUT2D eigenvalue weighted by Gasteiger charge is -2.32. The Hall–Kier alpha value is -1.55. The third-order valence-electron chi connectivity index (χ3n) is 4.33. The molecule has 0 radical (unpaired) electrons. The molecule has 0 unspecified atom stereocenters. The quantitative estimate of drug-likeness (QED) is 0.839. The van der Waals surface area contributed by atoms with Gasteiger partial charge >= 0.3 is 0 Å². The van der Waals surface area contributed by atoms with Crippen LogP contribution in [-0.2, 0) is 7.05 Å². The molecule has 4 nitrogen and oxygen atoms in total. The highest BCUT2D eigenvalue weighted by Gasteiger charge is 2.20. The maximum Gasteiger partial charge on any atom is 0.158 e. The highest BCUT2D eigenvalue weighted by molar-refractivity contribution is 5.91. The molecular weight excluding hydrogens is 248 g/mol. The van der Waals surface area contributed by atoms with Gasteiger partial charge in [-0.25, -0.2) is 0 Å². The molecule has 0 spiro atoms. The zero-order valence-corrected chi connectivity index (χ0v) is 12.9. The number of piperazine rings is 1. The van der Waals surface area contributed by atoms with Crippen LogP contribution in [0.15, 0.2) is 18.2 Å². The van der Waals surface area contributed by atoms with Gasteiger partial charge in [-0.1, -0.05) is 19.9 Å². The van der Waals surface area contributed by atoms with Gasteiger partial charge in [0.1, 0.15) is 0 Å². The first kappa shape index (κ1) is 13.4. The normalized spacial score (nSPS) is 17.4. The molecule has 1 fully saturated rings. The number of nitrogens with zero attached hydrogens (tertiary/aromatic N) is 4. The van der Waals surface area contributed by atoms with Crippen molar-refractivity contribution in [3.63, 3.8) is 0 Å². The predicted octanol–water partition coefficient (Wildman–Crippen LogP) is 2.45. The molecule has 0 N–H and O–H groups in total. The van der Waals surface area contributed by atoms with Crippen LogP contribution in [0.25, 0.3) is 10.9 Å². The minimum absolute atomic E-state index is 0.557. The fraction of sp³-hybridized carbons (Fsp3) is 0.562. The van der Waals surface area contributed by atoms with Crippen LogP contribution in [0.5, 0.6) is 0 Å². The summed E-state index contributed by atoms with van der Waals surface area (Å²) < 4.78 is 2.02. The lowest BCUT2D eigenvalue weighted by Crippen LogP contribution is -2.44. The second kappa shape index (κ2) is 5.09. The summed E-state index contributed by atoms with van der Waals surface area (Å²) >= 11 is 0. The summed E-state index contributed by atoms with van der Waals surface area (Å²) in [4.78, 5) is 4.79. The van der Waals surface area contributed by atoms with Crippen molar-refractivity contribution in [2.24, 2.45) is 7.05 Å². The third-order valence-corrected chi connectivity index (χ3v) is 4.33. The molecule has 1 aromatic carbocycles. The Morgan fingerprint density at radius 1 is 1.05 bits per heavy atom. The molecule has 3 rings (SSSR count). The van der Waals surface area contributed by atoms with Crippen molar-refractivity contribution < 1.29 is 0 Å². The van der Waals surface area contributed by atoms with E-state index in [1.54, 1.807) is 0 Å². The number of hydrogen-bond acceptors (Lipinski definition) is 3. The van der Waals surface area contributed by atoms with E-state index in [0.717, 1.165) is 32.0 Å². The molecule has 1 saturated heterocycles. The second-order valence-corrected chi connectivity index (χ2v) is 6.17. The first-order valence-electron chi connectivity index (χ1n) is 7.46. The van der Waals surface area contributed by atoms with Crippen molar-refractivity contribution in [3.8, 4) is 0 Å². The third kappa shape index (κ3) is 2.29. The van der Waals surface area contributed by atoms with Crippen LogP contribution >= 0.6 is 0 Å². The Morgan fingerprint density at radius 3 is 2.40 bits per heavy atom. The number of hydrogen-bond donors (Lipinski definition) is 0. The van der Waals surface area contributed by atoms with E-state index in [-0.39, 0.29) is 0 Å². The molecule has 0 bridgehead atoms. The average Bonchev–Trinajstić information content (AvgIpc) is 2.76. The van der Waals surface area contributed by atoms with Gasteiger partial charge < -0.3 is 9.80 Å². The van der Waals surface area contributed by atoms with Crippen molar-refractivity contribution in [1.29, 1.82) is 0 Å². The van der Waals surface area contributed by atoms with Crippen LogP contribution in [0.3, 0.4) is 0 Å². The highest BCUT2D eigenvalue weighted by Crippen LogP contribution is 2.29. The first-order chi connectivity index (χ1) is 9.56. The van der Waals surface area contributed by atoms with Gasteiger partial charge in [-0.05, 0) is 30.7 Å². The maximum atomic E-state index is 4.76. The Labute approximate surface area is 121 Å².